The number of carbonyl (C=O) groups excluding carboxylic acids is 1. The average Bonchev–Trinajstić information content (AvgIpc) is 2.85. The van der Waals surface area contributed by atoms with Crippen LogP contribution in [-0.2, 0) is 0 Å². The molecule has 0 unspecified atom stereocenters. The first-order chi connectivity index (χ1) is 18.1. The van der Waals surface area contributed by atoms with E-state index in [2.05, 4.69) is 107 Å². The van der Waals surface area contributed by atoms with Gasteiger partial charge in [-0.3, -0.25) is 4.79 Å². The second-order valence-corrected chi connectivity index (χ2v) is 12.1. The molecule has 0 saturated heterocycles. The van der Waals surface area contributed by atoms with Crippen LogP contribution < -0.4 is 14.5 Å². The lowest BCUT2D eigenvalue weighted by molar-refractivity contribution is 0.101. The number of nitrogens with zero attached hydrogens (tertiary/aromatic N) is 2. The number of hydrogen-bond donors (Lipinski definition) is 0. The summed E-state index contributed by atoms with van der Waals surface area (Å²) >= 11 is 0. The van der Waals surface area contributed by atoms with Gasteiger partial charge < -0.3 is 14.5 Å². The summed E-state index contributed by atoms with van der Waals surface area (Å²) in [6.45, 7) is 23.6. The van der Waals surface area contributed by atoms with E-state index in [0.29, 0.717) is 0 Å². The summed E-state index contributed by atoms with van der Waals surface area (Å²) in [4.78, 5) is 17.8. The Morgan fingerprint density at radius 2 is 0.872 bits per heavy atom. The number of carbonyl (C=O) groups is 1. The first kappa shape index (κ1) is 28.7. The SMILES string of the molecule is CC(=O)c1c(C)c(C)c(C)c(C)c1C1c2c(C)c(C)c(N(C)C)c(C)c2Oc2c(C)c(N(C)C)c(C)c(C)c21. The summed E-state index contributed by atoms with van der Waals surface area (Å²) in [6, 6.07) is 0. The molecule has 1 heterocycles. The molecule has 208 valence electrons. The molecule has 0 aliphatic carbocycles. The number of fused-ring (bicyclic) bond motifs is 2. The molecule has 0 atom stereocenters. The second kappa shape index (κ2) is 9.73. The highest BCUT2D eigenvalue weighted by Crippen LogP contribution is 2.57. The van der Waals surface area contributed by atoms with Gasteiger partial charge in [-0.25, -0.2) is 0 Å². The van der Waals surface area contributed by atoms with E-state index in [9.17, 15) is 4.79 Å². The number of hydrogen-bond acceptors (Lipinski definition) is 4. The Kier molecular flexibility index (Phi) is 7.17. The van der Waals surface area contributed by atoms with E-state index >= 15 is 0 Å². The van der Waals surface area contributed by atoms with E-state index in [1.165, 1.54) is 61.4 Å². The third-order valence-corrected chi connectivity index (χ3v) is 9.58. The fourth-order valence-corrected chi connectivity index (χ4v) is 7.27. The standard InChI is InChI=1S/C35H46N2O2/c1-16-17(2)19(4)28(27(18(16)3)26(11)38)31-29-20(5)22(7)32(36(12)13)24(9)34(29)39-35-25(10)33(37(14)15)23(8)21(6)30(31)35/h31H,1-15H3. The molecule has 0 spiro atoms. The van der Waals surface area contributed by atoms with Gasteiger partial charge in [0.2, 0.25) is 0 Å². The van der Waals surface area contributed by atoms with Gasteiger partial charge in [0, 0.05) is 73.3 Å². The van der Waals surface area contributed by atoms with Gasteiger partial charge in [0.05, 0.1) is 0 Å². The number of ether oxygens (including phenoxy) is 1. The fourth-order valence-electron chi connectivity index (χ4n) is 7.27. The van der Waals surface area contributed by atoms with Crippen LogP contribution >= 0.6 is 0 Å². The molecular formula is C35H46N2O2. The largest absolute Gasteiger partial charge is 0.456 e. The van der Waals surface area contributed by atoms with Gasteiger partial charge in [0.15, 0.2) is 5.78 Å². The summed E-state index contributed by atoms with van der Waals surface area (Å²) in [7, 11) is 8.40. The van der Waals surface area contributed by atoms with E-state index in [4.69, 9.17) is 4.74 Å². The van der Waals surface area contributed by atoms with Crippen molar-refractivity contribution in [1.82, 2.24) is 0 Å². The van der Waals surface area contributed by atoms with Crippen molar-refractivity contribution >= 4 is 17.2 Å². The molecule has 3 aromatic carbocycles. The highest BCUT2D eigenvalue weighted by atomic mass is 16.5. The molecule has 4 rings (SSSR count). The Balaban J connectivity index is 2.33. The maximum Gasteiger partial charge on any atom is 0.160 e. The zero-order valence-electron chi connectivity index (χ0n) is 26.8. The molecule has 0 fully saturated rings. The number of benzene rings is 3. The number of rotatable bonds is 4. The quantitative estimate of drug-likeness (QED) is 0.250. The van der Waals surface area contributed by atoms with E-state index in [-0.39, 0.29) is 11.7 Å². The van der Waals surface area contributed by atoms with Gasteiger partial charge in [-0.05, 0) is 126 Å². The molecule has 3 aromatic rings. The van der Waals surface area contributed by atoms with E-state index in [1.807, 2.05) is 0 Å². The monoisotopic (exact) mass is 526 g/mol. The highest BCUT2D eigenvalue weighted by molar-refractivity contribution is 5.99. The van der Waals surface area contributed by atoms with Crippen molar-refractivity contribution in [2.75, 3.05) is 38.0 Å². The van der Waals surface area contributed by atoms with Crippen LogP contribution in [-0.4, -0.2) is 34.0 Å². The zero-order valence-corrected chi connectivity index (χ0v) is 26.8. The van der Waals surface area contributed by atoms with Gasteiger partial charge in [-0.2, -0.15) is 0 Å². The molecule has 0 saturated carbocycles. The molecule has 0 bridgehead atoms. The van der Waals surface area contributed by atoms with Gasteiger partial charge >= 0.3 is 0 Å². The molecule has 4 nitrogen and oxygen atoms in total. The van der Waals surface area contributed by atoms with Crippen LogP contribution in [0.2, 0.25) is 0 Å². The molecule has 0 N–H and O–H groups in total. The molecule has 0 aromatic heterocycles. The lowest BCUT2D eigenvalue weighted by Crippen LogP contribution is -2.24. The van der Waals surface area contributed by atoms with Crippen LogP contribution in [0.15, 0.2) is 0 Å². The normalized spacial score (nSPS) is 12.7. The summed E-state index contributed by atoms with van der Waals surface area (Å²) in [5.41, 5.74) is 18.8. The Morgan fingerprint density at radius 1 is 0.513 bits per heavy atom. The van der Waals surface area contributed by atoms with Crippen molar-refractivity contribution in [3.8, 4) is 11.5 Å². The summed E-state index contributed by atoms with van der Waals surface area (Å²) in [6.07, 6.45) is 0. The van der Waals surface area contributed by atoms with Crippen molar-refractivity contribution in [3.63, 3.8) is 0 Å². The van der Waals surface area contributed by atoms with Gasteiger partial charge in [-0.15, -0.1) is 0 Å². The number of anilines is 2. The smallest absolute Gasteiger partial charge is 0.160 e. The Labute approximate surface area is 236 Å². The lowest BCUT2D eigenvalue weighted by Gasteiger charge is -2.39. The van der Waals surface area contributed by atoms with Crippen molar-refractivity contribution < 1.29 is 9.53 Å². The first-order valence-corrected chi connectivity index (χ1v) is 14.0. The maximum atomic E-state index is 13.4. The molecular weight excluding hydrogens is 480 g/mol. The fraction of sp³-hybridized carbons (Fsp3) is 0.457. The third-order valence-electron chi connectivity index (χ3n) is 9.58. The van der Waals surface area contributed by atoms with Crippen LogP contribution in [0.4, 0.5) is 11.4 Å². The Morgan fingerprint density at radius 3 is 1.23 bits per heavy atom. The van der Waals surface area contributed by atoms with Gasteiger partial charge in [-0.1, -0.05) is 0 Å². The minimum atomic E-state index is -0.108. The van der Waals surface area contributed by atoms with E-state index < -0.39 is 0 Å². The number of ketones is 1. The minimum Gasteiger partial charge on any atom is -0.456 e. The van der Waals surface area contributed by atoms with Crippen LogP contribution in [0.25, 0.3) is 0 Å². The molecule has 1 aliphatic heterocycles. The Bertz CT molecular complexity index is 1480. The number of Topliss-reactive ketones (excluding diaryl/α,β-unsaturated/α-hetero) is 1. The second-order valence-electron chi connectivity index (χ2n) is 12.1. The summed E-state index contributed by atoms with van der Waals surface area (Å²) in [5, 5.41) is 0. The van der Waals surface area contributed by atoms with Crippen molar-refractivity contribution in [3.05, 3.63) is 77.9 Å². The first-order valence-electron chi connectivity index (χ1n) is 14.0. The van der Waals surface area contributed by atoms with Crippen LogP contribution in [0.1, 0.15) is 95.5 Å². The maximum absolute atomic E-state index is 13.4. The topological polar surface area (TPSA) is 32.8 Å². The van der Waals surface area contributed by atoms with Crippen LogP contribution in [0, 0.1) is 69.2 Å². The summed E-state index contributed by atoms with van der Waals surface area (Å²) < 4.78 is 7.03. The van der Waals surface area contributed by atoms with Crippen molar-refractivity contribution in [2.24, 2.45) is 0 Å². The highest BCUT2D eigenvalue weighted by Gasteiger charge is 2.40. The molecule has 39 heavy (non-hydrogen) atoms. The van der Waals surface area contributed by atoms with Crippen molar-refractivity contribution in [2.45, 2.75) is 82.1 Å². The lowest BCUT2D eigenvalue weighted by atomic mass is 9.71. The minimum absolute atomic E-state index is 0.108. The average molecular weight is 527 g/mol. The zero-order chi connectivity index (χ0) is 29.4. The van der Waals surface area contributed by atoms with Crippen LogP contribution in [0.5, 0.6) is 11.5 Å². The molecule has 0 amide bonds. The molecule has 1 aliphatic rings. The molecule has 0 radical (unpaired) electrons. The predicted octanol–water partition coefficient (Wildman–Crippen LogP) is 8.39. The molecule has 4 heteroatoms. The predicted molar refractivity (Wildman–Crippen MR) is 166 cm³/mol. The van der Waals surface area contributed by atoms with E-state index in [0.717, 1.165) is 39.3 Å². The summed E-state index contributed by atoms with van der Waals surface area (Å²) in [5.74, 6) is 1.87. The van der Waals surface area contributed by atoms with Crippen molar-refractivity contribution in [1.29, 1.82) is 0 Å². The third kappa shape index (κ3) is 3.98. The van der Waals surface area contributed by atoms with Gasteiger partial charge in [0.25, 0.3) is 0 Å². The van der Waals surface area contributed by atoms with Gasteiger partial charge in [0.1, 0.15) is 11.5 Å². The van der Waals surface area contributed by atoms with Crippen LogP contribution in [0.3, 0.4) is 0 Å². The Hall–Kier alpha value is -3.27. The van der Waals surface area contributed by atoms with E-state index in [1.54, 1.807) is 6.92 Å².